The Morgan fingerprint density at radius 3 is 2.70 bits per heavy atom. The molecule has 0 aliphatic carbocycles. The standard InChI is InChI=1S/C14H10ClN3O2/c1-9-5-6-10(8-16)7-13(9)17-12-4-2-3-11(15)14(12)18(19)20/h2-7,17H,1H3. The molecule has 0 heterocycles. The quantitative estimate of drug-likeness (QED) is 0.678. The molecule has 0 spiro atoms. The second kappa shape index (κ2) is 5.59. The molecular formula is C14H10ClN3O2. The Morgan fingerprint density at radius 1 is 1.30 bits per heavy atom. The van der Waals surface area contributed by atoms with Crippen molar-refractivity contribution in [1.82, 2.24) is 0 Å². The topological polar surface area (TPSA) is 79.0 Å². The van der Waals surface area contributed by atoms with Crippen molar-refractivity contribution < 1.29 is 4.92 Å². The highest BCUT2D eigenvalue weighted by atomic mass is 35.5. The number of anilines is 2. The van der Waals surface area contributed by atoms with Crippen LogP contribution in [0.5, 0.6) is 0 Å². The van der Waals surface area contributed by atoms with Gasteiger partial charge in [0.15, 0.2) is 0 Å². The van der Waals surface area contributed by atoms with Crippen LogP contribution in [0.1, 0.15) is 11.1 Å². The summed E-state index contributed by atoms with van der Waals surface area (Å²) in [5.74, 6) is 0. The molecule has 0 radical (unpaired) electrons. The summed E-state index contributed by atoms with van der Waals surface area (Å²) >= 11 is 5.85. The summed E-state index contributed by atoms with van der Waals surface area (Å²) < 4.78 is 0. The van der Waals surface area contributed by atoms with Gasteiger partial charge in [-0.05, 0) is 36.8 Å². The second-order valence-electron chi connectivity index (χ2n) is 4.16. The maximum atomic E-state index is 11.1. The van der Waals surface area contributed by atoms with Crippen molar-refractivity contribution >= 4 is 28.7 Å². The Morgan fingerprint density at radius 2 is 2.05 bits per heavy atom. The van der Waals surface area contributed by atoms with Gasteiger partial charge < -0.3 is 5.32 Å². The van der Waals surface area contributed by atoms with E-state index in [9.17, 15) is 10.1 Å². The van der Waals surface area contributed by atoms with Gasteiger partial charge in [0.05, 0.1) is 16.6 Å². The summed E-state index contributed by atoms with van der Waals surface area (Å²) in [6.45, 7) is 1.85. The van der Waals surface area contributed by atoms with Crippen LogP contribution in [0.4, 0.5) is 17.1 Å². The van der Waals surface area contributed by atoms with Crippen molar-refractivity contribution in [2.24, 2.45) is 0 Å². The Labute approximate surface area is 120 Å². The Balaban J connectivity index is 2.48. The van der Waals surface area contributed by atoms with Crippen LogP contribution >= 0.6 is 11.6 Å². The van der Waals surface area contributed by atoms with Gasteiger partial charge in [-0.15, -0.1) is 0 Å². The highest BCUT2D eigenvalue weighted by Crippen LogP contribution is 2.34. The Kier molecular flexibility index (Phi) is 3.87. The van der Waals surface area contributed by atoms with E-state index in [0.29, 0.717) is 16.9 Å². The van der Waals surface area contributed by atoms with Gasteiger partial charge in [-0.1, -0.05) is 23.7 Å². The third kappa shape index (κ3) is 2.71. The number of aryl methyl sites for hydroxylation is 1. The molecule has 20 heavy (non-hydrogen) atoms. The van der Waals surface area contributed by atoms with E-state index in [1.807, 2.05) is 13.0 Å². The monoisotopic (exact) mass is 287 g/mol. The Bertz CT molecular complexity index is 723. The van der Waals surface area contributed by atoms with E-state index in [1.54, 1.807) is 30.3 Å². The lowest BCUT2D eigenvalue weighted by Gasteiger charge is -2.10. The fourth-order valence-electron chi connectivity index (χ4n) is 1.77. The SMILES string of the molecule is Cc1ccc(C#N)cc1Nc1cccc(Cl)c1[N+](=O)[O-]. The zero-order valence-electron chi connectivity index (χ0n) is 10.6. The molecule has 2 rings (SSSR count). The van der Waals surface area contributed by atoms with Crippen LogP contribution in [-0.2, 0) is 0 Å². The fourth-order valence-corrected chi connectivity index (χ4v) is 2.02. The lowest BCUT2D eigenvalue weighted by molar-refractivity contribution is -0.383. The second-order valence-corrected chi connectivity index (χ2v) is 4.57. The Hall–Kier alpha value is -2.58. The van der Waals surface area contributed by atoms with E-state index in [0.717, 1.165) is 5.56 Å². The van der Waals surface area contributed by atoms with E-state index in [-0.39, 0.29) is 10.7 Å². The van der Waals surface area contributed by atoms with Crippen LogP contribution in [0, 0.1) is 28.4 Å². The molecular weight excluding hydrogens is 278 g/mol. The normalized spacial score (nSPS) is 9.85. The summed E-state index contributed by atoms with van der Waals surface area (Å²) in [5, 5.41) is 23.0. The first-order valence-electron chi connectivity index (χ1n) is 5.73. The molecule has 2 aromatic rings. The molecule has 0 atom stereocenters. The molecule has 0 aliphatic rings. The van der Waals surface area contributed by atoms with E-state index in [4.69, 9.17) is 16.9 Å². The number of nitrogens with one attached hydrogen (secondary N) is 1. The molecule has 0 fully saturated rings. The number of benzene rings is 2. The van der Waals surface area contributed by atoms with Gasteiger partial charge in [0.2, 0.25) is 0 Å². The first-order valence-corrected chi connectivity index (χ1v) is 6.11. The van der Waals surface area contributed by atoms with Crippen molar-refractivity contribution in [2.45, 2.75) is 6.92 Å². The zero-order chi connectivity index (χ0) is 14.7. The van der Waals surface area contributed by atoms with E-state index >= 15 is 0 Å². The summed E-state index contributed by atoms with van der Waals surface area (Å²) in [6.07, 6.45) is 0. The third-order valence-corrected chi connectivity index (χ3v) is 3.11. The number of nitro benzene ring substituents is 1. The first kappa shape index (κ1) is 13.8. The molecule has 5 nitrogen and oxygen atoms in total. The molecule has 0 saturated carbocycles. The smallest absolute Gasteiger partial charge is 0.311 e. The van der Waals surface area contributed by atoms with E-state index in [1.165, 1.54) is 6.07 Å². The van der Waals surface area contributed by atoms with Gasteiger partial charge in [-0.25, -0.2) is 0 Å². The molecule has 100 valence electrons. The molecule has 0 saturated heterocycles. The predicted molar refractivity (Wildman–Crippen MR) is 77.3 cm³/mol. The van der Waals surface area contributed by atoms with Crippen molar-refractivity contribution in [3.8, 4) is 6.07 Å². The summed E-state index contributed by atoms with van der Waals surface area (Å²) in [7, 11) is 0. The number of hydrogen-bond acceptors (Lipinski definition) is 4. The van der Waals surface area contributed by atoms with E-state index in [2.05, 4.69) is 5.32 Å². The van der Waals surface area contributed by atoms with Gasteiger partial charge in [-0.3, -0.25) is 10.1 Å². The minimum atomic E-state index is -0.534. The number of halogens is 1. The largest absolute Gasteiger partial charge is 0.350 e. The maximum Gasteiger partial charge on any atom is 0.311 e. The van der Waals surface area contributed by atoms with E-state index < -0.39 is 4.92 Å². The number of hydrogen-bond donors (Lipinski definition) is 1. The number of rotatable bonds is 3. The first-order chi connectivity index (χ1) is 9.52. The molecule has 0 aliphatic heterocycles. The molecule has 1 N–H and O–H groups in total. The minimum absolute atomic E-state index is 0.0640. The molecule has 0 aromatic heterocycles. The van der Waals surface area contributed by atoms with Crippen molar-refractivity contribution in [3.63, 3.8) is 0 Å². The fraction of sp³-hybridized carbons (Fsp3) is 0.0714. The van der Waals surface area contributed by atoms with Crippen LogP contribution in [0.25, 0.3) is 0 Å². The highest BCUT2D eigenvalue weighted by Gasteiger charge is 2.18. The predicted octanol–water partition coefficient (Wildman–Crippen LogP) is 4.17. The summed E-state index contributed by atoms with van der Waals surface area (Å²) in [6, 6.07) is 11.8. The van der Waals surface area contributed by atoms with Gasteiger partial charge in [-0.2, -0.15) is 5.26 Å². The minimum Gasteiger partial charge on any atom is -0.350 e. The number of nitriles is 1. The van der Waals surface area contributed by atoms with Gasteiger partial charge in [0.25, 0.3) is 0 Å². The van der Waals surface area contributed by atoms with Crippen LogP contribution in [0.15, 0.2) is 36.4 Å². The molecule has 0 amide bonds. The third-order valence-electron chi connectivity index (χ3n) is 2.81. The average Bonchev–Trinajstić information content (AvgIpc) is 2.41. The van der Waals surface area contributed by atoms with Gasteiger partial charge in [0.1, 0.15) is 10.7 Å². The van der Waals surface area contributed by atoms with Crippen LogP contribution in [0.3, 0.4) is 0 Å². The van der Waals surface area contributed by atoms with Crippen LogP contribution < -0.4 is 5.32 Å². The molecule has 0 bridgehead atoms. The van der Waals surface area contributed by atoms with Crippen LogP contribution in [-0.4, -0.2) is 4.92 Å². The molecule has 6 heteroatoms. The van der Waals surface area contributed by atoms with Crippen molar-refractivity contribution in [1.29, 1.82) is 5.26 Å². The summed E-state index contributed by atoms with van der Waals surface area (Å²) in [5.41, 5.74) is 2.09. The van der Waals surface area contributed by atoms with Crippen molar-refractivity contribution in [3.05, 3.63) is 62.7 Å². The average molecular weight is 288 g/mol. The number of nitro groups is 1. The molecule has 2 aromatic carbocycles. The van der Waals surface area contributed by atoms with Crippen LogP contribution in [0.2, 0.25) is 5.02 Å². The zero-order valence-corrected chi connectivity index (χ0v) is 11.3. The maximum absolute atomic E-state index is 11.1. The van der Waals surface area contributed by atoms with Gasteiger partial charge in [0, 0.05) is 5.69 Å². The number of para-hydroxylation sites is 1. The lowest BCUT2D eigenvalue weighted by atomic mass is 10.1. The lowest BCUT2D eigenvalue weighted by Crippen LogP contribution is -1.99. The number of nitrogens with zero attached hydrogens (tertiary/aromatic N) is 2. The highest BCUT2D eigenvalue weighted by molar-refractivity contribution is 6.33. The van der Waals surface area contributed by atoms with Crippen molar-refractivity contribution in [2.75, 3.05) is 5.32 Å². The summed E-state index contributed by atoms with van der Waals surface area (Å²) in [4.78, 5) is 10.5. The van der Waals surface area contributed by atoms with Gasteiger partial charge >= 0.3 is 5.69 Å². The molecule has 0 unspecified atom stereocenters.